The standard InChI is InChI=1S/C28H32FN7O2/c1-17-13-36-15-19(11-22(29)26(36)30-17)32-27(37)20-3-4-23(21-16-34(2)33-25(20)21)35-8-5-18(14-35)31-24-12-28(24)6-9-38-10-7-28/h3-4,11,13,15-16,18,24,31H,5-10,12,14H2,1-2H3,(H,32,37). The zero-order valence-electron chi connectivity index (χ0n) is 21.7. The normalized spacial score (nSPS) is 22.6. The van der Waals surface area contributed by atoms with E-state index in [1.54, 1.807) is 28.4 Å². The van der Waals surface area contributed by atoms with Gasteiger partial charge in [-0.3, -0.25) is 9.48 Å². The zero-order chi connectivity index (χ0) is 26.0. The number of carbonyl (C=O) groups excluding carboxylic acids is 1. The largest absolute Gasteiger partial charge is 0.381 e. The van der Waals surface area contributed by atoms with E-state index in [-0.39, 0.29) is 11.6 Å². The molecule has 1 saturated carbocycles. The summed E-state index contributed by atoms with van der Waals surface area (Å²) in [6.45, 7) is 5.47. The van der Waals surface area contributed by atoms with Gasteiger partial charge in [-0.2, -0.15) is 5.10 Å². The maximum atomic E-state index is 14.5. The smallest absolute Gasteiger partial charge is 0.257 e. The monoisotopic (exact) mass is 517 g/mol. The summed E-state index contributed by atoms with van der Waals surface area (Å²) in [7, 11) is 1.87. The van der Waals surface area contributed by atoms with Gasteiger partial charge in [0.25, 0.3) is 5.91 Å². The van der Waals surface area contributed by atoms with Gasteiger partial charge in [-0.05, 0) is 50.2 Å². The molecule has 0 radical (unpaired) electrons. The first kappa shape index (κ1) is 23.6. The van der Waals surface area contributed by atoms with Crippen molar-refractivity contribution < 1.29 is 13.9 Å². The second-order valence-corrected chi connectivity index (χ2v) is 11.2. The molecule has 5 heterocycles. The Labute approximate surface area is 220 Å². The van der Waals surface area contributed by atoms with Gasteiger partial charge in [0.1, 0.15) is 5.52 Å². The Bertz CT molecular complexity index is 1550. The van der Waals surface area contributed by atoms with E-state index in [4.69, 9.17) is 4.74 Å². The van der Waals surface area contributed by atoms with Gasteiger partial charge in [0, 0.05) is 81.2 Å². The van der Waals surface area contributed by atoms with Gasteiger partial charge < -0.3 is 24.7 Å². The average molecular weight is 518 g/mol. The van der Waals surface area contributed by atoms with Gasteiger partial charge in [-0.15, -0.1) is 0 Å². The number of nitrogens with one attached hydrogen (secondary N) is 2. The highest BCUT2D eigenvalue weighted by Gasteiger charge is 2.54. The van der Waals surface area contributed by atoms with Crippen LogP contribution in [-0.4, -0.2) is 63.5 Å². The SMILES string of the molecule is Cc1cn2cc(NC(=O)c3ccc(N4CCC(NC5CC56CCOCC6)C4)c4cn(C)nc34)cc(F)c2n1. The van der Waals surface area contributed by atoms with Gasteiger partial charge in [0.15, 0.2) is 11.5 Å². The highest BCUT2D eigenvalue weighted by Crippen LogP contribution is 2.53. The van der Waals surface area contributed by atoms with E-state index in [1.807, 2.05) is 25.4 Å². The molecule has 1 aromatic carbocycles. The van der Waals surface area contributed by atoms with Crippen LogP contribution in [0.3, 0.4) is 0 Å². The summed E-state index contributed by atoms with van der Waals surface area (Å²) in [4.78, 5) is 19.9. The van der Waals surface area contributed by atoms with E-state index in [0.29, 0.717) is 40.0 Å². The molecule has 1 aliphatic carbocycles. The molecule has 10 heteroatoms. The fourth-order valence-corrected chi connectivity index (χ4v) is 6.42. The highest BCUT2D eigenvalue weighted by molar-refractivity contribution is 6.13. The van der Waals surface area contributed by atoms with Crippen LogP contribution in [0.2, 0.25) is 0 Å². The van der Waals surface area contributed by atoms with Crippen LogP contribution in [0.25, 0.3) is 16.6 Å². The molecule has 38 heavy (non-hydrogen) atoms. The van der Waals surface area contributed by atoms with Crippen molar-refractivity contribution in [2.24, 2.45) is 12.5 Å². The number of aryl methyl sites for hydroxylation is 2. The molecule has 0 bridgehead atoms. The molecule has 2 N–H and O–H groups in total. The van der Waals surface area contributed by atoms with Gasteiger partial charge in [0.05, 0.1) is 16.9 Å². The summed E-state index contributed by atoms with van der Waals surface area (Å²) in [5.74, 6) is -0.812. The Hall–Kier alpha value is -3.50. The lowest BCUT2D eigenvalue weighted by atomic mass is 9.96. The number of fused-ring (bicyclic) bond motifs is 2. The van der Waals surface area contributed by atoms with E-state index < -0.39 is 5.82 Å². The first-order chi connectivity index (χ1) is 18.4. The van der Waals surface area contributed by atoms with Crippen molar-refractivity contribution in [2.75, 3.05) is 36.5 Å². The van der Waals surface area contributed by atoms with Gasteiger partial charge >= 0.3 is 0 Å². The van der Waals surface area contributed by atoms with Crippen molar-refractivity contribution in [3.63, 3.8) is 0 Å². The number of carbonyl (C=O) groups is 1. The van der Waals surface area contributed by atoms with Crippen LogP contribution in [-0.2, 0) is 11.8 Å². The molecule has 3 aromatic heterocycles. The Morgan fingerprint density at radius 1 is 1.21 bits per heavy atom. The van der Waals surface area contributed by atoms with Crippen LogP contribution in [0.4, 0.5) is 15.8 Å². The summed E-state index contributed by atoms with van der Waals surface area (Å²) in [6, 6.07) is 6.20. The number of rotatable bonds is 5. The minimum Gasteiger partial charge on any atom is -0.381 e. The predicted octanol–water partition coefficient (Wildman–Crippen LogP) is 3.66. The molecule has 9 nitrogen and oxygen atoms in total. The fraction of sp³-hybridized carbons (Fsp3) is 0.464. The molecular weight excluding hydrogens is 485 g/mol. The quantitative estimate of drug-likeness (QED) is 0.420. The Morgan fingerprint density at radius 3 is 2.89 bits per heavy atom. The maximum Gasteiger partial charge on any atom is 0.257 e. The molecule has 7 rings (SSSR count). The molecule has 2 atom stereocenters. The lowest BCUT2D eigenvalue weighted by Crippen LogP contribution is -2.37. The molecule has 3 aliphatic rings. The van der Waals surface area contributed by atoms with Crippen LogP contribution in [0, 0.1) is 18.2 Å². The van der Waals surface area contributed by atoms with Gasteiger partial charge in [-0.1, -0.05) is 0 Å². The molecule has 2 unspecified atom stereocenters. The Balaban J connectivity index is 1.10. The minimum absolute atomic E-state index is 0.236. The lowest BCUT2D eigenvalue weighted by Gasteiger charge is -2.25. The van der Waals surface area contributed by atoms with Crippen molar-refractivity contribution in [2.45, 2.75) is 44.7 Å². The molecule has 3 fully saturated rings. The van der Waals surface area contributed by atoms with Crippen LogP contribution in [0.5, 0.6) is 0 Å². The molecule has 198 valence electrons. The number of nitrogens with zero attached hydrogens (tertiary/aromatic N) is 5. The molecule has 2 saturated heterocycles. The van der Waals surface area contributed by atoms with Crippen molar-refractivity contribution in [1.29, 1.82) is 0 Å². The predicted molar refractivity (Wildman–Crippen MR) is 143 cm³/mol. The number of hydrogen-bond donors (Lipinski definition) is 2. The van der Waals surface area contributed by atoms with Crippen molar-refractivity contribution in [3.8, 4) is 0 Å². The van der Waals surface area contributed by atoms with E-state index in [9.17, 15) is 9.18 Å². The van der Waals surface area contributed by atoms with Gasteiger partial charge in [0.2, 0.25) is 0 Å². The van der Waals surface area contributed by atoms with Crippen molar-refractivity contribution in [1.82, 2.24) is 24.5 Å². The molecule has 4 aromatic rings. The number of aromatic nitrogens is 4. The van der Waals surface area contributed by atoms with Crippen molar-refractivity contribution >= 4 is 33.8 Å². The number of benzene rings is 1. The van der Waals surface area contributed by atoms with Crippen LogP contribution >= 0.6 is 0 Å². The first-order valence-electron chi connectivity index (χ1n) is 13.4. The molecule has 1 spiro atoms. The minimum atomic E-state index is -0.486. The number of imidazole rings is 1. The summed E-state index contributed by atoms with van der Waals surface area (Å²) in [6.07, 6.45) is 10.1. The summed E-state index contributed by atoms with van der Waals surface area (Å²) in [5, 5.41) is 12.3. The third-order valence-corrected chi connectivity index (χ3v) is 8.54. The zero-order valence-corrected chi connectivity index (χ0v) is 21.7. The number of hydrogen-bond acceptors (Lipinski definition) is 6. The maximum absolute atomic E-state index is 14.5. The third kappa shape index (κ3) is 4.03. The Morgan fingerprint density at radius 2 is 2.05 bits per heavy atom. The van der Waals surface area contributed by atoms with E-state index >= 15 is 0 Å². The summed E-state index contributed by atoms with van der Waals surface area (Å²) >= 11 is 0. The number of ether oxygens (including phenoxy) is 1. The molecule has 2 aliphatic heterocycles. The highest BCUT2D eigenvalue weighted by atomic mass is 19.1. The number of halogens is 1. The number of pyridine rings is 1. The third-order valence-electron chi connectivity index (χ3n) is 8.54. The van der Waals surface area contributed by atoms with Crippen LogP contribution in [0.15, 0.2) is 36.8 Å². The van der Waals surface area contributed by atoms with Gasteiger partial charge in [-0.25, -0.2) is 9.37 Å². The fourth-order valence-electron chi connectivity index (χ4n) is 6.42. The Kier molecular flexibility index (Phi) is 5.45. The summed E-state index contributed by atoms with van der Waals surface area (Å²) < 4.78 is 23.5. The van der Waals surface area contributed by atoms with Crippen molar-refractivity contribution in [3.05, 3.63) is 53.9 Å². The summed E-state index contributed by atoms with van der Waals surface area (Å²) in [5.41, 5.74) is 3.95. The number of amides is 1. The second-order valence-electron chi connectivity index (χ2n) is 11.2. The number of anilines is 2. The molecule has 1 amide bonds. The van der Waals surface area contributed by atoms with E-state index in [0.717, 1.165) is 43.8 Å². The van der Waals surface area contributed by atoms with Crippen LogP contribution < -0.4 is 15.5 Å². The molecular formula is C28H32FN7O2. The van der Waals surface area contributed by atoms with E-state index in [1.165, 1.54) is 25.3 Å². The first-order valence-corrected chi connectivity index (χ1v) is 13.4. The van der Waals surface area contributed by atoms with E-state index in [2.05, 4.69) is 25.6 Å². The van der Waals surface area contributed by atoms with Crippen LogP contribution in [0.1, 0.15) is 41.7 Å². The topological polar surface area (TPSA) is 88.7 Å². The lowest BCUT2D eigenvalue weighted by molar-refractivity contribution is 0.0539. The average Bonchev–Trinajstić information content (AvgIpc) is 3.28. The second kappa shape index (κ2) is 8.78.